The molecule has 7 heteroatoms. The maximum Gasteiger partial charge on any atom is 0.319 e. The number of carbonyl (C=O) groups excluding carboxylic acids is 2. The van der Waals surface area contributed by atoms with Crippen LogP contribution in [0.5, 0.6) is 11.5 Å². The van der Waals surface area contributed by atoms with Gasteiger partial charge in [-0.05, 0) is 25.0 Å². The minimum absolute atomic E-state index is 0.0213. The van der Waals surface area contributed by atoms with E-state index in [-0.39, 0.29) is 30.1 Å². The summed E-state index contributed by atoms with van der Waals surface area (Å²) in [6, 6.07) is 5.42. The largest absolute Gasteiger partial charge is 0.454 e. The average Bonchev–Trinajstić information content (AvgIpc) is 2.89. The first-order valence-electron chi connectivity index (χ1n) is 8.15. The van der Waals surface area contributed by atoms with E-state index in [9.17, 15) is 9.59 Å². The number of fused-ring (bicyclic) bond motifs is 1. The lowest BCUT2D eigenvalue weighted by molar-refractivity contribution is -0.118. The Morgan fingerprint density at radius 2 is 2.08 bits per heavy atom. The number of nitrogens with one attached hydrogen (secondary N) is 1. The van der Waals surface area contributed by atoms with E-state index in [1.54, 1.807) is 31.1 Å². The van der Waals surface area contributed by atoms with E-state index < -0.39 is 0 Å². The Morgan fingerprint density at radius 1 is 1.29 bits per heavy atom. The second-order valence-electron chi connectivity index (χ2n) is 7.02. The Balaban J connectivity index is 1.38. The molecule has 1 aromatic rings. The Hall–Kier alpha value is -2.44. The molecule has 0 aromatic heterocycles. The maximum absolute atomic E-state index is 12.5. The minimum atomic E-state index is -0.0356. The van der Waals surface area contributed by atoms with Gasteiger partial charge in [-0.2, -0.15) is 0 Å². The zero-order valence-corrected chi connectivity index (χ0v) is 13.9. The van der Waals surface area contributed by atoms with Crippen LogP contribution in [0.3, 0.4) is 0 Å². The minimum Gasteiger partial charge on any atom is -0.454 e. The SMILES string of the molecule is CN(C)C(=O)N1CC[C@]2(C[C@H]2C(=O)Nc2ccc3c(c2)OCO3)C1. The predicted molar refractivity (Wildman–Crippen MR) is 87.0 cm³/mol. The third-order valence-corrected chi connectivity index (χ3v) is 5.18. The number of ether oxygens (including phenoxy) is 2. The van der Waals surface area contributed by atoms with Gasteiger partial charge < -0.3 is 24.6 Å². The Kier molecular flexibility index (Phi) is 3.33. The van der Waals surface area contributed by atoms with Crippen LogP contribution in [-0.2, 0) is 4.79 Å². The topological polar surface area (TPSA) is 71.1 Å². The molecule has 3 amide bonds. The van der Waals surface area contributed by atoms with Crippen molar-refractivity contribution in [1.82, 2.24) is 9.80 Å². The molecule has 1 spiro atoms. The van der Waals surface area contributed by atoms with Crippen molar-refractivity contribution in [3.63, 3.8) is 0 Å². The molecule has 2 heterocycles. The summed E-state index contributed by atoms with van der Waals surface area (Å²) in [5, 5.41) is 2.96. The smallest absolute Gasteiger partial charge is 0.319 e. The van der Waals surface area contributed by atoms with Crippen molar-refractivity contribution in [3.8, 4) is 11.5 Å². The van der Waals surface area contributed by atoms with Crippen LogP contribution in [0.1, 0.15) is 12.8 Å². The van der Waals surface area contributed by atoms with E-state index >= 15 is 0 Å². The lowest BCUT2D eigenvalue weighted by Crippen LogP contribution is -2.38. The lowest BCUT2D eigenvalue weighted by Gasteiger charge is -2.21. The average molecular weight is 331 g/mol. The highest BCUT2D eigenvalue weighted by molar-refractivity contribution is 5.95. The molecule has 1 aromatic carbocycles. The van der Waals surface area contributed by atoms with E-state index in [0.29, 0.717) is 23.7 Å². The van der Waals surface area contributed by atoms with Crippen LogP contribution < -0.4 is 14.8 Å². The van der Waals surface area contributed by atoms with Gasteiger partial charge in [-0.15, -0.1) is 0 Å². The van der Waals surface area contributed by atoms with Gasteiger partial charge in [-0.1, -0.05) is 0 Å². The summed E-state index contributed by atoms with van der Waals surface area (Å²) in [6.07, 6.45) is 1.74. The highest BCUT2D eigenvalue weighted by atomic mass is 16.7. The molecule has 0 bridgehead atoms. The summed E-state index contributed by atoms with van der Waals surface area (Å²) in [5.41, 5.74) is 0.678. The highest BCUT2D eigenvalue weighted by Gasteiger charge is 2.61. The van der Waals surface area contributed by atoms with Gasteiger partial charge in [0.2, 0.25) is 12.7 Å². The molecule has 1 N–H and O–H groups in total. The number of likely N-dealkylation sites (tertiary alicyclic amines) is 1. The van der Waals surface area contributed by atoms with Gasteiger partial charge in [0.15, 0.2) is 11.5 Å². The molecule has 4 rings (SSSR count). The molecule has 0 unspecified atom stereocenters. The molecule has 2 atom stereocenters. The van der Waals surface area contributed by atoms with Crippen molar-refractivity contribution < 1.29 is 19.1 Å². The maximum atomic E-state index is 12.5. The summed E-state index contributed by atoms with van der Waals surface area (Å²) >= 11 is 0. The molecular weight excluding hydrogens is 310 g/mol. The number of amides is 3. The second-order valence-corrected chi connectivity index (χ2v) is 7.02. The summed E-state index contributed by atoms with van der Waals surface area (Å²) in [4.78, 5) is 28.0. The highest BCUT2D eigenvalue weighted by Crippen LogP contribution is 2.58. The zero-order chi connectivity index (χ0) is 16.9. The molecule has 3 aliphatic rings. The molecule has 7 nitrogen and oxygen atoms in total. The van der Waals surface area contributed by atoms with E-state index in [4.69, 9.17) is 9.47 Å². The number of urea groups is 1. The van der Waals surface area contributed by atoms with Gasteiger partial charge in [0.25, 0.3) is 0 Å². The normalized spacial score (nSPS) is 26.6. The van der Waals surface area contributed by atoms with Crippen molar-refractivity contribution in [2.45, 2.75) is 12.8 Å². The van der Waals surface area contributed by atoms with E-state index in [1.807, 2.05) is 11.0 Å². The monoisotopic (exact) mass is 331 g/mol. The summed E-state index contributed by atoms with van der Waals surface area (Å²) in [5.74, 6) is 1.35. The third kappa shape index (κ3) is 2.44. The van der Waals surface area contributed by atoms with Crippen LogP contribution in [0.25, 0.3) is 0 Å². The predicted octanol–water partition coefficient (Wildman–Crippen LogP) is 1.75. The van der Waals surface area contributed by atoms with Gasteiger partial charge in [0.05, 0.1) is 0 Å². The fraction of sp³-hybridized carbons (Fsp3) is 0.529. The van der Waals surface area contributed by atoms with E-state index in [0.717, 1.165) is 19.4 Å². The summed E-state index contributed by atoms with van der Waals surface area (Å²) < 4.78 is 10.6. The third-order valence-electron chi connectivity index (χ3n) is 5.18. The number of nitrogens with zero attached hydrogens (tertiary/aromatic N) is 2. The number of rotatable bonds is 2. The molecule has 1 saturated heterocycles. The summed E-state index contributed by atoms with van der Waals surface area (Å²) in [7, 11) is 3.51. The zero-order valence-electron chi connectivity index (χ0n) is 13.9. The van der Waals surface area contributed by atoms with Crippen LogP contribution in [0.15, 0.2) is 18.2 Å². The first-order chi connectivity index (χ1) is 11.5. The molecule has 24 heavy (non-hydrogen) atoms. The molecule has 0 radical (unpaired) electrons. The van der Waals surface area contributed by atoms with Crippen molar-refractivity contribution in [2.24, 2.45) is 11.3 Å². The number of hydrogen-bond acceptors (Lipinski definition) is 4. The van der Waals surface area contributed by atoms with E-state index in [2.05, 4.69) is 5.32 Å². The van der Waals surface area contributed by atoms with Gasteiger partial charge in [0, 0.05) is 50.3 Å². The molecule has 1 aliphatic carbocycles. The Morgan fingerprint density at radius 3 is 2.88 bits per heavy atom. The van der Waals surface area contributed by atoms with Gasteiger partial charge in [-0.3, -0.25) is 4.79 Å². The Labute approximate surface area is 140 Å². The Bertz CT molecular complexity index is 705. The van der Waals surface area contributed by atoms with Crippen LogP contribution in [-0.4, -0.2) is 55.7 Å². The first kappa shape index (κ1) is 15.1. The van der Waals surface area contributed by atoms with Crippen LogP contribution in [0.2, 0.25) is 0 Å². The fourth-order valence-electron chi connectivity index (χ4n) is 3.72. The first-order valence-corrected chi connectivity index (χ1v) is 8.15. The van der Waals surface area contributed by atoms with Crippen molar-refractivity contribution in [2.75, 3.05) is 39.3 Å². The molecular formula is C17H21N3O4. The van der Waals surface area contributed by atoms with Crippen LogP contribution in [0.4, 0.5) is 10.5 Å². The molecule has 1 saturated carbocycles. The van der Waals surface area contributed by atoms with Gasteiger partial charge in [-0.25, -0.2) is 4.79 Å². The van der Waals surface area contributed by atoms with Crippen molar-refractivity contribution in [1.29, 1.82) is 0 Å². The van der Waals surface area contributed by atoms with E-state index in [1.165, 1.54) is 0 Å². The van der Waals surface area contributed by atoms with Crippen molar-refractivity contribution >= 4 is 17.6 Å². The van der Waals surface area contributed by atoms with Crippen LogP contribution in [0, 0.1) is 11.3 Å². The number of anilines is 1. The standard InChI is InChI=1S/C17H21N3O4/c1-19(2)16(22)20-6-5-17(9-20)8-12(17)15(21)18-11-3-4-13-14(7-11)24-10-23-13/h3-4,7,12H,5-6,8-10H2,1-2H3,(H,18,21)/t12-,17-/m0/s1. The summed E-state index contributed by atoms with van der Waals surface area (Å²) in [6.45, 7) is 1.61. The molecule has 2 aliphatic heterocycles. The van der Waals surface area contributed by atoms with Gasteiger partial charge in [0.1, 0.15) is 0 Å². The van der Waals surface area contributed by atoms with Gasteiger partial charge >= 0.3 is 6.03 Å². The number of carbonyl (C=O) groups is 2. The second kappa shape index (κ2) is 5.29. The lowest BCUT2D eigenvalue weighted by atomic mass is 10.0. The number of benzene rings is 1. The molecule has 128 valence electrons. The van der Waals surface area contributed by atoms with Crippen LogP contribution >= 0.6 is 0 Å². The fourth-order valence-corrected chi connectivity index (χ4v) is 3.72. The number of hydrogen-bond donors (Lipinski definition) is 1. The quantitative estimate of drug-likeness (QED) is 0.896. The van der Waals surface area contributed by atoms with Crippen molar-refractivity contribution in [3.05, 3.63) is 18.2 Å². The molecule has 2 fully saturated rings.